The quantitative estimate of drug-likeness (QED) is 0.614. The van der Waals surface area contributed by atoms with Crippen LogP contribution in [0, 0.1) is 0 Å². The second-order valence-corrected chi connectivity index (χ2v) is 4.81. The van der Waals surface area contributed by atoms with Crippen LogP contribution in [0.1, 0.15) is 27.7 Å². The summed E-state index contributed by atoms with van der Waals surface area (Å²) in [5.74, 6) is 0. The number of nitrogens with zero attached hydrogens (tertiary/aromatic N) is 1. The Morgan fingerprint density at radius 1 is 1.44 bits per heavy atom. The minimum Gasteiger partial charge on any atom is -0.394 e. The van der Waals surface area contributed by atoms with Gasteiger partial charge in [0.2, 0.25) is 0 Å². The first-order chi connectivity index (χ1) is 7.49. The Bertz CT molecular complexity index is 176. The zero-order valence-electron chi connectivity index (χ0n) is 11.4. The second-order valence-electron chi connectivity index (χ2n) is 4.81. The standard InChI is InChI=1S/C12H28N2O2/c1-6-13-12(4,10-15)9-14(11(2)3)7-8-16-5/h11,13,15H,6-10H2,1-5H3. The largest absolute Gasteiger partial charge is 0.394 e. The van der Waals surface area contributed by atoms with E-state index in [2.05, 4.69) is 37.9 Å². The van der Waals surface area contributed by atoms with Crippen molar-refractivity contribution in [1.82, 2.24) is 10.2 Å². The van der Waals surface area contributed by atoms with Gasteiger partial charge in [-0.15, -0.1) is 0 Å². The molecule has 0 heterocycles. The summed E-state index contributed by atoms with van der Waals surface area (Å²) >= 11 is 0. The first kappa shape index (κ1) is 15.8. The fraction of sp³-hybridized carbons (Fsp3) is 1.00. The summed E-state index contributed by atoms with van der Waals surface area (Å²) in [5.41, 5.74) is -0.229. The summed E-state index contributed by atoms with van der Waals surface area (Å²) in [6, 6.07) is 0.458. The molecular weight excluding hydrogens is 204 g/mol. The molecule has 0 aromatic carbocycles. The number of likely N-dealkylation sites (N-methyl/N-ethyl adjacent to an activating group) is 1. The Hall–Kier alpha value is -0.160. The van der Waals surface area contributed by atoms with Crippen LogP contribution in [0.3, 0.4) is 0 Å². The van der Waals surface area contributed by atoms with Gasteiger partial charge < -0.3 is 15.2 Å². The molecule has 0 fully saturated rings. The van der Waals surface area contributed by atoms with Gasteiger partial charge in [-0.05, 0) is 27.3 Å². The highest BCUT2D eigenvalue weighted by Gasteiger charge is 2.26. The molecule has 0 aliphatic carbocycles. The first-order valence-corrected chi connectivity index (χ1v) is 6.08. The van der Waals surface area contributed by atoms with Gasteiger partial charge in [0.25, 0.3) is 0 Å². The van der Waals surface area contributed by atoms with Crippen LogP contribution in [0.5, 0.6) is 0 Å². The van der Waals surface area contributed by atoms with Gasteiger partial charge in [0, 0.05) is 26.2 Å². The number of hydrogen-bond donors (Lipinski definition) is 2. The van der Waals surface area contributed by atoms with Gasteiger partial charge in [-0.25, -0.2) is 0 Å². The molecule has 0 aliphatic rings. The Kier molecular flexibility index (Phi) is 7.93. The molecule has 16 heavy (non-hydrogen) atoms. The normalized spacial score (nSPS) is 15.8. The molecule has 1 unspecified atom stereocenters. The molecule has 0 saturated heterocycles. The third-order valence-corrected chi connectivity index (χ3v) is 2.82. The SMILES string of the molecule is CCNC(C)(CO)CN(CCOC)C(C)C. The van der Waals surface area contributed by atoms with E-state index in [0.29, 0.717) is 6.04 Å². The van der Waals surface area contributed by atoms with Crippen molar-refractivity contribution in [3.8, 4) is 0 Å². The number of nitrogens with one attached hydrogen (secondary N) is 1. The highest BCUT2D eigenvalue weighted by atomic mass is 16.5. The minimum absolute atomic E-state index is 0.150. The Morgan fingerprint density at radius 3 is 2.44 bits per heavy atom. The van der Waals surface area contributed by atoms with Crippen molar-refractivity contribution < 1.29 is 9.84 Å². The fourth-order valence-electron chi connectivity index (χ4n) is 1.77. The van der Waals surface area contributed by atoms with E-state index in [1.807, 2.05) is 0 Å². The Balaban J connectivity index is 4.33. The van der Waals surface area contributed by atoms with Crippen molar-refractivity contribution in [1.29, 1.82) is 0 Å². The van der Waals surface area contributed by atoms with E-state index < -0.39 is 0 Å². The molecule has 1 atom stereocenters. The lowest BCUT2D eigenvalue weighted by atomic mass is 10.0. The van der Waals surface area contributed by atoms with E-state index in [1.165, 1.54) is 0 Å². The first-order valence-electron chi connectivity index (χ1n) is 6.08. The third kappa shape index (κ3) is 5.80. The molecular formula is C12H28N2O2. The van der Waals surface area contributed by atoms with Crippen LogP contribution in [-0.4, -0.2) is 61.5 Å². The van der Waals surface area contributed by atoms with Crippen molar-refractivity contribution >= 4 is 0 Å². The van der Waals surface area contributed by atoms with E-state index >= 15 is 0 Å². The molecule has 98 valence electrons. The van der Waals surface area contributed by atoms with Gasteiger partial charge in [-0.3, -0.25) is 4.90 Å². The summed E-state index contributed by atoms with van der Waals surface area (Å²) in [6.45, 7) is 11.9. The highest BCUT2D eigenvalue weighted by Crippen LogP contribution is 2.09. The van der Waals surface area contributed by atoms with E-state index in [9.17, 15) is 5.11 Å². The smallest absolute Gasteiger partial charge is 0.0623 e. The van der Waals surface area contributed by atoms with Crippen LogP contribution in [0.15, 0.2) is 0 Å². The van der Waals surface area contributed by atoms with Gasteiger partial charge in [0.15, 0.2) is 0 Å². The molecule has 0 aromatic heterocycles. The molecule has 0 saturated carbocycles. The molecule has 4 heteroatoms. The molecule has 0 aliphatic heterocycles. The number of methoxy groups -OCH3 is 1. The third-order valence-electron chi connectivity index (χ3n) is 2.82. The maximum absolute atomic E-state index is 9.45. The van der Waals surface area contributed by atoms with Gasteiger partial charge >= 0.3 is 0 Å². The molecule has 2 N–H and O–H groups in total. The number of aliphatic hydroxyl groups excluding tert-OH is 1. The summed E-state index contributed by atoms with van der Waals surface area (Å²) in [5, 5.41) is 12.8. The number of rotatable bonds is 9. The molecule has 4 nitrogen and oxygen atoms in total. The maximum atomic E-state index is 9.45. The summed E-state index contributed by atoms with van der Waals surface area (Å²) in [4.78, 5) is 2.32. The molecule has 0 radical (unpaired) electrons. The monoisotopic (exact) mass is 232 g/mol. The van der Waals surface area contributed by atoms with Crippen molar-refractivity contribution in [3.63, 3.8) is 0 Å². The van der Waals surface area contributed by atoms with Crippen LogP contribution < -0.4 is 5.32 Å². The predicted octanol–water partition coefficient (Wildman–Crippen LogP) is 0.704. The summed E-state index contributed by atoms with van der Waals surface area (Å²) < 4.78 is 5.11. The average Bonchev–Trinajstić information content (AvgIpc) is 2.24. The lowest BCUT2D eigenvalue weighted by molar-refractivity contribution is 0.0790. The van der Waals surface area contributed by atoms with Gasteiger partial charge in [0.05, 0.1) is 18.8 Å². The lowest BCUT2D eigenvalue weighted by Gasteiger charge is -2.37. The molecule has 0 rings (SSSR count). The van der Waals surface area contributed by atoms with E-state index in [1.54, 1.807) is 7.11 Å². The zero-order chi connectivity index (χ0) is 12.6. The zero-order valence-corrected chi connectivity index (χ0v) is 11.4. The Labute approximate surface area is 100.0 Å². The summed E-state index contributed by atoms with van der Waals surface area (Å²) in [6.07, 6.45) is 0. The fourth-order valence-corrected chi connectivity index (χ4v) is 1.77. The Morgan fingerprint density at radius 2 is 2.06 bits per heavy atom. The van der Waals surface area contributed by atoms with Crippen molar-refractivity contribution in [2.24, 2.45) is 0 Å². The molecule has 0 spiro atoms. The maximum Gasteiger partial charge on any atom is 0.0623 e. The van der Waals surface area contributed by atoms with Crippen molar-refractivity contribution in [2.45, 2.75) is 39.3 Å². The van der Waals surface area contributed by atoms with E-state index in [0.717, 1.165) is 26.2 Å². The topological polar surface area (TPSA) is 44.7 Å². The van der Waals surface area contributed by atoms with E-state index in [4.69, 9.17) is 4.74 Å². The average molecular weight is 232 g/mol. The van der Waals surface area contributed by atoms with Gasteiger partial charge in [0.1, 0.15) is 0 Å². The second kappa shape index (κ2) is 8.01. The number of ether oxygens (including phenoxy) is 1. The van der Waals surface area contributed by atoms with Crippen LogP contribution in [-0.2, 0) is 4.74 Å². The molecule has 0 aromatic rings. The number of hydrogen-bond acceptors (Lipinski definition) is 4. The predicted molar refractivity (Wildman–Crippen MR) is 67.8 cm³/mol. The van der Waals surface area contributed by atoms with Crippen LogP contribution in [0.4, 0.5) is 0 Å². The van der Waals surface area contributed by atoms with Gasteiger partial charge in [-0.1, -0.05) is 6.92 Å². The molecule has 0 bridgehead atoms. The number of aliphatic hydroxyl groups is 1. The van der Waals surface area contributed by atoms with Crippen molar-refractivity contribution in [3.05, 3.63) is 0 Å². The lowest BCUT2D eigenvalue weighted by Crippen LogP contribution is -2.55. The van der Waals surface area contributed by atoms with E-state index in [-0.39, 0.29) is 12.1 Å². The van der Waals surface area contributed by atoms with Gasteiger partial charge in [-0.2, -0.15) is 0 Å². The summed E-state index contributed by atoms with van der Waals surface area (Å²) in [7, 11) is 1.72. The molecule has 0 amide bonds. The van der Waals surface area contributed by atoms with Crippen LogP contribution in [0.2, 0.25) is 0 Å². The van der Waals surface area contributed by atoms with Crippen LogP contribution in [0.25, 0.3) is 0 Å². The van der Waals surface area contributed by atoms with Crippen molar-refractivity contribution in [2.75, 3.05) is 40.0 Å². The minimum atomic E-state index is -0.229. The van der Waals surface area contributed by atoms with Crippen LogP contribution >= 0.6 is 0 Å². The highest BCUT2D eigenvalue weighted by molar-refractivity contribution is 4.86.